The van der Waals surface area contributed by atoms with E-state index < -0.39 is 0 Å². The summed E-state index contributed by atoms with van der Waals surface area (Å²) in [7, 11) is 0. The highest BCUT2D eigenvalue weighted by molar-refractivity contribution is 6.08. The van der Waals surface area contributed by atoms with E-state index >= 15 is 0 Å². The van der Waals surface area contributed by atoms with E-state index in [2.05, 4.69) is 44.9 Å². The van der Waals surface area contributed by atoms with Crippen LogP contribution in [0.1, 0.15) is 5.69 Å². The van der Waals surface area contributed by atoms with Gasteiger partial charge in [0.15, 0.2) is 5.82 Å². The fraction of sp³-hybridized carbons (Fsp3) is 0.0455. The molecule has 0 N–H and O–H groups in total. The molecule has 0 bridgehead atoms. The average Bonchev–Trinajstić information content (AvgIpc) is 3.03. The molecule has 0 radical (unpaired) electrons. The number of aromatic nitrogens is 4. The quantitative estimate of drug-likeness (QED) is 0.458. The minimum absolute atomic E-state index is 0.732. The van der Waals surface area contributed by atoms with Crippen LogP contribution < -0.4 is 0 Å². The molecule has 3 aromatic heterocycles. The second-order valence-electron chi connectivity index (χ2n) is 6.30. The number of aryl methyl sites for hydroxylation is 1. The number of para-hydroxylation sites is 1. The summed E-state index contributed by atoms with van der Waals surface area (Å²) >= 11 is 0. The molecular weight excluding hydrogens is 320 g/mol. The molecule has 0 saturated heterocycles. The Kier molecular flexibility index (Phi) is 3.28. The lowest BCUT2D eigenvalue weighted by atomic mass is 10.2. The molecule has 0 saturated carbocycles. The molecule has 0 fully saturated rings. The third-order valence-electron chi connectivity index (χ3n) is 4.58. The highest BCUT2D eigenvalue weighted by Crippen LogP contribution is 2.31. The summed E-state index contributed by atoms with van der Waals surface area (Å²) in [6.07, 6.45) is 3.73. The number of benzene rings is 2. The lowest BCUT2D eigenvalue weighted by molar-refractivity contribution is 1.02. The SMILES string of the molecule is Cc1cc(-n2c3ccccc3c3ccncc32)nc(-c2ccccc2)n1. The van der Waals surface area contributed by atoms with Crippen molar-refractivity contribution in [2.45, 2.75) is 6.92 Å². The predicted molar refractivity (Wildman–Crippen MR) is 104 cm³/mol. The van der Waals surface area contributed by atoms with Crippen molar-refractivity contribution in [1.82, 2.24) is 19.5 Å². The fourth-order valence-corrected chi connectivity index (χ4v) is 3.45. The zero-order valence-corrected chi connectivity index (χ0v) is 14.3. The van der Waals surface area contributed by atoms with Gasteiger partial charge in [0.2, 0.25) is 0 Å². The van der Waals surface area contributed by atoms with E-state index in [1.165, 1.54) is 10.8 Å². The summed E-state index contributed by atoms with van der Waals surface area (Å²) in [4.78, 5) is 13.8. The molecule has 0 atom stereocenters. The van der Waals surface area contributed by atoms with Gasteiger partial charge in [-0.3, -0.25) is 9.55 Å². The van der Waals surface area contributed by atoms with E-state index in [1.54, 1.807) is 0 Å². The van der Waals surface area contributed by atoms with Gasteiger partial charge in [0.05, 0.1) is 17.2 Å². The van der Waals surface area contributed by atoms with Gasteiger partial charge in [0.25, 0.3) is 0 Å². The lowest BCUT2D eigenvalue weighted by Crippen LogP contribution is -2.02. The smallest absolute Gasteiger partial charge is 0.161 e. The Morgan fingerprint density at radius 3 is 2.42 bits per heavy atom. The topological polar surface area (TPSA) is 43.6 Å². The van der Waals surface area contributed by atoms with Crippen LogP contribution in [-0.2, 0) is 0 Å². The molecule has 4 nitrogen and oxygen atoms in total. The second-order valence-corrected chi connectivity index (χ2v) is 6.30. The monoisotopic (exact) mass is 336 g/mol. The zero-order chi connectivity index (χ0) is 17.5. The van der Waals surface area contributed by atoms with Gasteiger partial charge in [0.1, 0.15) is 5.82 Å². The summed E-state index contributed by atoms with van der Waals surface area (Å²) in [6.45, 7) is 2.00. The van der Waals surface area contributed by atoms with Crippen LogP contribution in [-0.4, -0.2) is 19.5 Å². The summed E-state index contributed by atoms with van der Waals surface area (Å²) in [5.74, 6) is 1.59. The van der Waals surface area contributed by atoms with E-state index in [1.807, 2.05) is 55.7 Å². The minimum atomic E-state index is 0.732. The molecule has 5 aromatic rings. The molecular formula is C22H16N4. The maximum Gasteiger partial charge on any atom is 0.161 e. The van der Waals surface area contributed by atoms with Crippen LogP contribution >= 0.6 is 0 Å². The van der Waals surface area contributed by atoms with Crippen molar-refractivity contribution >= 4 is 21.8 Å². The molecule has 0 aliphatic heterocycles. The van der Waals surface area contributed by atoms with Crippen molar-refractivity contribution in [2.24, 2.45) is 0 Å². The van der Waals surface area contributed by atoms with Crippen LogP contribution in [0, 0.1) is 6.92 Å². The zero-order valence-electron chi connectivity index (χ0n) is 14.3. The first kappa shape index (κ1) is 14.8. The van der Waals surface area contributed by atoms with Crippen LogP contribution in [0.2, 0.25) is 0 Å². The van der Waals surface area contributed by atoms with Gasteiger partial charge in [-0.15, -0.1) is 0 Å². The molecule has 3 heterocycles. The van der Waals surface area contributed by atoms with E-state index in [0.29, 0.717) is 0 Å². The van der Waals surface area contributed by atoms with Gasteiger partial charge in [-0.05, 0) is 19.1 Å². The van der Waals surface area contributed by atoms with E-state index in [9.17, 15) is 0 Å². The van der Waals surface area contributed by atoms with Crippen molar-refractivity contribution in [3.63, 3.8) is 0 Å². The first-order valence-corrected chi connectivity index (χ1v) is 8.56. The Labute approximate surface area is 150 Å². The summed E-state index contributed by atoms with van der Waals surface area (Å²) in [6, 6.07) is 22.5. The van der Waals surface area contributed by atoms with Gasteiger partial charge in [0, 0.05) is 34.3 Å². The average molecular weight is 336 g/mol. The molecule has 0 aliphatic rings. The molecule has 26 heavy (non-hydrogen) atoms. The number of hydrogen-bond donors (Lipinski definition) is 0. The molecule has 5 rings (SSSR count). The number of fused-ring (bicyclic) bond motifs is 3. The lowest BCUT2D eigenvalue weighted by Gasteiger charge is -2.10. The first-order valence-electron chi connectivity index (χ1n) is 8.56. The number of pyridine rings is 1. The summed E-state index contributed by atoms with van der Waals surface area (Å²) < 4.78 is 2.17. The first-order chi connectivity index (χ1) is 12.8. The fourth-order valence-electron chi connectivity index (χ4n) is 3.45. The Bertz CT molecular complexity index is 1190. The third kappa shape index (κ3) is 2.27. The summed E-state index contributed by atoms with van der Waals surface area (Å²) in [5, 5.41) is 2.37. The van der Waals surface area contributed by atoms with E-state index in [-0.39, 0.29) is 0 Å². The van der Waals surface area contributed by atoms with Crippen LogP contribution in [0.3, 0.4) is 0 Å². The molecule has 124 valence electrons. The molecule has 4 heteroatoms. The van der Waals surface area contributed by atoms with Crippen LogP contribution in [0.25, 0.3) is 39.0 Å². The van der Waals surface area contributed by atoms with Gasteiger partial charge >= 0.3 is 0 Å². The third-order valence-corrected chi connectivity index (χ3v) is 4.58. The molecule has 0 unspecified atom stereocenters. The normalized spacial score (nSPS) is 11.3. The molecule has 0 spiro atoms. The largest absolute Gasteiger partial charge is 0.292 e. The minimum Gasteiger partial charge on any atom is -0.292 e. The van der Waals surface area contributed by atoms with Gasteiger partial charge < -0.3 is 0 Å². The summed E-state index contributed by atoms with van der Waals surface area (Å²) in [5.41, 5.74) is 4.11. The van der Waals surface area contributed by atoms with E-state index in [0.717, 1.165) is 33.9 Å². The molecule has 0 amide bonds. The van der Waals surface area contributed by atoms with Crippen molar-refractivity contribution in [3.8, 4) is 17.2 Å². The van der Waals surface area contributed by atoms with Gasteiger partial charge in [-0.25, -0.2) is 9.97 Å². The van der Waals surface area contributed by atoms with Gasteiger partial charge in [-0.2, -0.15) is 0 Å². The Morgan fingerprint density at radius 2 is 1.54 bits per heavy atom. The number of nitrogens with zero attached hydrogens (tertiary/aromatic N) is 4. The number of rotatable bonds is 2. The van der Waals surface area contributed by atoms with Crippen LogP contribution in [0.5, 0.6) is 0 Å². The van der Waals surface area contributed by atoms with Crippen molar-refractivity contribution < 1.29 is 0 Å². The Morgan fingerprint density at radius 1 is 0.769 bits per heavy atom. The Hall–Kier alpha value is -3.53. The molecule has 2 aromatic carbocycles. The van der Waals surface area contributed by atoms with E-state index in [4.69, 9.17) is 4.98 Å². The standard InChI is InChI=1S/C22H16N4/c1-15-13-21(25-22(24-15)16-7-3-2-4-8-16)26-19-10-6-5-9-17(19)18-11-12-23-14-20(18)26/h2-14H,1H3. The Balaban J connectivity index is 1.84. The highest BCUT2D eigenvalue weighted by Gasteiger charge is 2.14. The maximum absolute atomic E-state index is 4.87. The van der Waals surface area contributed by atoms with Crippen molar-refractivity contribution in [1.29, 1.82) is 0 Å². The highest BCUT2D eigenvalue weighted by atomic mass is 15.1. The maximum atomic E-state index is 4.87. The predicted octanol–water partition coefficient (Wildman–Crippen LogP) is 4.94. The van der Waals surface area contributed by atoms with Crippen molar-refractivity contribution in [3.05, 3.63) is 84.8 Å². The molecule has 0 aliphatic carbocycles. The van der Waals surface area contributed by atoms with Crippen LogP contribution in [0.4, 0.5) is 0 Å². The van der Waals surface area contributed by atoms with Gasteiger partial charge in [-0.1, -0.05) is 48.5 Å². The van der Waals surface area contributed by atoms with Crippen molar-refractivity contribution in [2.75, 3.05) is 0 Å². The second kappa shape index (κ2) is 5.77. The van der Waals surface area contributed by atoms with Crippen LogP contribution in [0.15, 0.2) is 79.1 Å². The number of hydrogen-bond acceptors (Lipinski definition) is 3.